The Bertz CT molecular complexity index is 586. The molecule has 1 nitrogen and oxygen atoms in total. The summed E-state index contributed by atoms with van der Waals surface area (Å²) in [5.74, 6) is -1.62. The molecule has 0 saturated carbocycles. The van der Waals surface area contributed by atoms with E-state index in [-0.39, 0.29) is 6.04 Å². The largest absolute Gasteiger partial charge is 0.306 e. The summed E-state index contributed by atoms with van der Waals surface area (Å²) in [6.07, 6.45) is 0.915. The first-order chi connectivity index (χ1) is 9.65. The summed E-state index contributed by atoms with van der Waals surface area (Å²) in [5.41, 5.74) is 1.22. The van der Waals surface area contributed by atoms with Crippen molar-refractivity contribution in [2.24, 2.45) is 0 Å². The van der Waals surface area contributed by atoms with E-state index in [9.17, 15) is 8.78 Å². The maximum absolute atomic E-state index is 14.1. The Balaban J connectivity index is 2.47. The van der Waals surface area contributed by atoms with Gasteiger partial charge in [-0.1, -0.05) is 53.2 Å². The molecular formula is C16H16BrF2N. The normalized spacial score (nSPS) is 12.4. The fraction of sp³-hybridized carbons (Fsp3) is 0.250. The van der Waals surface area contributed by atoms with E-state index in [2.05, 4.69) is 21.2 Å². The lowest BCUT2D eigenvalue weighted by molar-refractivity contribution is 0.480. The molecule has 2 aromatic carbocycles. The summed E-state index contributed by atoms with van der Waals surface area (Å²) in [6.45, 7) is 2.76. The van der Waals surface area contributed by atoms with Crippen LogP contribution in [0, 0.1) is 11.6 Å². The van der Waals surface area contributed by atoms with E-state index >= 15 is 0 Å². The summed E-state index contributed by atoms with van der Waals surface area (Å²) in [5, 5.41) is 3.27. The number of hydrogen-bond donors (Lipinski definition) is 1. The Hall–Kier alpha value is -1.26. The molecular weight excluding hydrogens is 324 g/mol. The second-order valence-corrected chi connectivity index (χ2v) is 5.41. The van der Waals surface area contributed by atoms with Crippen LogP contribution in [0.2, 0.25) is 0 Å². The molecule has 2 aromatic rings. The molecule has 1 atom stereocenters. The van der Waals surface area contributed by atoms with Crippen molar-refractivity contribution in [2.45, 2.75) is 19.4 Å². The molecule has 4 heteroatoms. The summed E-state index contributed by atoms with van der Waals surface area (Å²) < 4.78 is 28.4. The highest BCUT2D eigenvalue weighted by Gasteiger charge is 2.21. The van der Waals surface area contributed by atoms with E-state index in [0.717, 1.165) is 29.1 Å². The zero-order valence-corrected chi connectivity index (χ0v) is 12.8. The highest BCUT2D eigenvalue weighted by Crippen LogP contribution is 2.30. The molecule has 0 spiro atoms. The monoisotopic (exact) mass is 339 g/mol. The topological polar surface area (TPSA) is 12.0 Å². The number of hydrogen-bond acceptors (Lipinski definition) is 1. The molecule has 0 aromatic heterocycles. The number of halogens is 3. The summed E-state index contributed by atoms with van der Waals surface area (Å²) in [6, 6.07) is 11.5. The van der Waals surface area contributed by atoms with Crippen LogP contribution in [0.1, 0.15) is 30.5 Å². The first kappa shape index (κ1) is 15.1. The summed E-state index contributed by atoms with van der Waals surface area (Å²) in [7, 11) is 0. The average Bonchev–Trinajstić information content (AvgIpc) is 2.45. The van der Waals surface area contributed by atoms with Gasteiger partial charge in [0, 0.05) is 10.0 Å². The first-order valence-electron chi connectivity index (χ1n) is 6.56. The van der Waals surface area contributed by atoms with Gasteiger partial charge in [0.15, 0.2) is 11.6 Å². The molecule has 0 aliphatic heterocycles. The van der Waals surface area contributed by atoms with Gasteiger partial charge in [-0.25, -0.2) is 8.78 Å². The van der Waals surface area contributed by atoms with Gasteiger partial charge in [0.05, 0.1) is 6.04 Å². The van der Waals surface area contributed by atoms with Crippen molar-refractivity contribution in [2.75, 3.05) is 6.54 Å². The van der Waals surface area contributed by atoms with Crippen LogP contribution in [0.5, 0.6) is 0 Å². The fourth-order valence-electron chi connectivity index (χ4n) is 2.13. The van der Waals surface area contributed by atoms with E-state index in [1.54, 1.807) is 6.07 Å². The molecule has 0 aliphatic carbocycles. The van der Waals surface area contributed by atoms with Crippen molar-refractivity contribution in [1.82, 2.24) is 5.32 Å². The Morgan fingerprint density at radius 3 is 2.45 bits per heavy atom. The fourth-order valence-corrected chi connectivity index (χ4v) is 2.64. The van der Waals surface area contributed by atoms with E-state index in [1.165, 1.54) is 6.07 Å². The van der Waals surface area contributed by atoms with Crippen molar-refractivity contribution in [3.63, 3.8) is 0 Å². The van der Waals surface area contributed by atoms with Crippen molar-refractivity contribution in [1.29, 1.82) is 0 Å². The third-order valence-corrected chi connectivity index (χ3v) is 3.83. The van der Waals surface area contributed by atoms with Gasteiger partial charge < -0.3 is 5.32 Å². The Labute approximate surface area is 126 Å². The second-order valence-electron chi connectivity index (χ2n) is 4.55. The molecule has 1 N–H and O–H groups in total. The molecule has 0 aliphatic rings. The highest BCUT2D eigenvalue weighted by molar-refractivity contribution is 9.10. The second kappa shape index (κ2) is 6.95. The van der Waals surface area contributed by atoms with Gasteiger partial charge in [0.2, 0.25) is 0 Å². The van der Waals surface area contributed by atoms with Crippen LogP contribution in [0.15, 0.2) is 46.9 Å². The number of benzene rings is 2. The zero-order valence-electron chi connectivity index (χ0n) is 11.2. The molecule has 0 heterocycles. The smallest absolute Gasteiger partial charge is 0.163 e. The molecule has 2 rings (SSSR count). The lowest BCUT2D eigenvalue weighted by Gasteiger charge is -2.21. The van der Waals surface area contributed by atoms with Crippen molar-refractivity contribution >= 4 is 15.9 Å². The van der Waals surface area contributed by atoms with Crippen molar-refractivity contribution < 1.29 is 8.78 Å². The van der Waals surface area contributed by atoms with Crippen LogP contribution in [-0.2, 0) is 0 Å². The predicted molar refractivity (Wildman–Crippen MR) is 80.6 cm³/mol. The molecule has 0 amide bonds. The Morgan fingerprint density at radius 1 is 1.05 bits per heavy atom. The lowest BCUT2D eigenvalue weighted by atomic mass is 9.98. The van der Waals surface area contributed by atoms with Crippen LogP contribution in [0.4, 0.5) is 8.78 Å². The predicted octanol–water partition coefficient (Wildman–Crippen LogP) is 4.82. The van der Waals surface area contributed by atoms with Gasteiger partial charge in [0.1, 0.15) is 0 Å². The van der Waals surface area contributed by atoms with Crippen LogP contribution in [0.3, 0.4) is 0 Å². The molecule has 1 unspecified atom stereocenters. The summed E-state index contributed by atoms with van der Waals surface area (Å²) in [4.78, 5) is 0. The number of rotatable bonds is 5. The quantitative estimate of drug-likeness (QED) is 0.823. The van der Waals surface area contributed by atoms with E-state index in [0.29, 0.717) is 5.56 Å². The van der Waals surface area contributed by atoms with Crippen LogP contribution >= 0.6 is 15.9 Å². The van der Waals surface area contributed by atoms with Crippen molar-refractivity contribution in [3.05, 3.63) is 69.7 Å². The minimum atomic E-state index is -0.821. The zero-order chi connectivity index (χ0) is 14.5. The van der Waals surface area contributed by atoms with Crippen LogP contribution < -0.4 is 5.32 Å². The SMILES string of the molecule is CCCNC(c1ccccc1Br)c1cccc(F)c1F. The van der Waals surface area contributed by atoms with Gasteiger partial charge >= 0.3 is 0 Å². The third-order valence-electron chi connectivity index (χ3n) is 3.11. The maximum Gasteiger partial charge on any atom is 0.163 e. The standard InChI is InChI=1S/C16H16BrF2N/c1-2-10-20-16(11-6-3-4-8-13(11)17)12-7-5-9-14(18)15(12)19/h3-9,16,20H,2,10H2,1H3. The molecule has 106 valence electrons. The Kier molecular flexibility index (Phi) is 5.26. The van der Waals surface area contributed by atoms with Gasteiger partial charge in [-0.3, -0.25) is 0 Å². The Morgan fingerprint density at radius 2 is 1.75 bits per heavy atom. The van der Waals surface area contributed by atoms with Gasteiger partial charge in [-0.2, -0.15) is 0 Å². The highest BCUT2D eigenvalue weighted by atomic mass is 79.9. The van der Waals surface area contributed by atoms with Crippen LogP contribution in [0.25, 0.3) is 0 Å². The van der Waals surface area contributed by atoms with Gasteiger partial charge in [0.25, 0.3) is 0 Å². The van der Waals surface area contributed by atoms with Gasteiger partial charge in [-0.15, -0.1) is 0 Å². The lowest BCUT2D eigenvalue weighted by Crippen LogP contribution is -2.24. The average molecular weight is 340 g/mol. The molecule has 20 heavy (non-hydrogen) atoms. The molecule has 0 bridgehead atoms. The maximum atomic E-state index is 14.1. The summed E-state index contributed by atoms with van der Waals surface area (Å²) >= 11 is 3.47. The molecule has 0 fully saturated rings. The minimum absolute atomic E-state index is 0.324. The molecule has 0 radical (unpaired) electrons. The van der Waals surface area contributed by atoms with E-state index < -0.39 is 11.6 Å². The van der Waals surface area contributed by atoms with Crippen molar-refractivity contribution in [3.8, 4) is 0 Å². The third kappa shape index (κ3) is 3.25. The van der Waals surface area contributed by atoms with Gasteiger partial charge in [-0.05, 0) is 30.7 Å². The first-order valence-corrected chi connectivity index (χ1v) is 7.36. The molecule has 0 saturated heterocycles. The number of nitrogens with one attached hydrogen (secondary N) is 1. The van der Waals surface area contributed by atoms with Crippen LogP contribution in [-0.4, -0.2) is 6.54 Å². The van der Waals surface area contributed by atoms with E-state index in [4.69, 9.17) is 0 Å². The minimum Gasteiger partial charge on any atom is -0.306 e. The van der Waals surface area contributed by atoms with E-state index in [1.807, 2.05) is 31.2 Å².